The van der Waals surface area contributed by atoms with Crippen LogP contribution in [0.15, 0.2) is 66.7 Å². The molecule has 0 aliphatic carbocycles. The molecule has 0 radical (unpaired) electrons. The van der Waals surface area contributed by atoms with Gasteiger partial charge in [-0.1, -0.05) is 29.8 Å². The summed E-state index contributed by atoms with van der Waals surface area (Å²) in [5, 5.41) is 11.5. The molecule has 6 nitrogen and oxygen atoms in total. The molecule has 1 saturated heterocycles. The van der Waals surface area contributed by atoms with Gasteiger partial charge in [-0.05, 0) is 61.0 Å². The van der Waals surface area contributed by atoms with E-state index in [1.165, 1.54) is 12.1 Å². The summed E-state index contributed by atoms with van der Waals surface area (Å²) in [5.74, 6) is 0.699. The largest absolute Gasteiger partial charge is 0.491 e. The molecule has 0 spiro atoms. The number of carbonyl (C=O) groups excluding carboxylic acids is 1. The number of hydrogen-bond acceptors (Lipinski definition) is 4. The Hall–Kier alpha value is -3.42. The van der Waals surface area contributed by atoms with Gasteiger partial charge in [0.1, 0.15) is 30.1 Å². The Labute approximate surface area is 207 Å². The Balaban J connectivity index is 1.37. The molecule has 0 saturated carbocycles. The Kier molecular flexibility index (Phi) is 6.45. The van der Waals surface area contributed by atoms with Crippen molar-refractivity contribution in [3.05, 3.63) is 89.0 Å². The Morgan fingerprint density at radius 2 is 2.00 bits per heavy atom. The Morgan fingerprint density at radius 3 is 2.80 bits per heavy atom. The van der Waals surface area contributed by atoms with Crippen LogP contribution in [0.5, 0.6) is 5.75 Å². The lowest BCUT2D eigenvalue weighted by Gasteiger charge is -2.19. The van der Waals surface area contributed by atoms with Gasteiger partial charge in [0.05, 0.1) is 17.6 Å². The van der Waals surface area contributed by atoms with Crippen LogP contribution < -0.4 is 9.64 Å². The number of imidazole rings is 1. The number of halogens is 2. The van der Waals surface area contributed by atoms with Crippen molar-refractivity contribution in [2.75, 3.05) is 18.1 Å². The molecule has 2 unspecified atom stereocenters. The lowest BCUT2D eigenvalue weighted by molar-refractivity contribution is -0.117. The number of rotatable bonds is 7. The molecule has 35 heavy (non-hydrogen) atoms. The van der Waals surface area contributed by atoms with E-state index in [-0.39, 0.29) is 37.2 Å². The van der Waals surface area contributed by atoms with Crippen molar-refractivity contribution in [3.63, 3.8) is 0 Å². The fraction of sp³-hybridized carbons (Fsp3) is 0.259. The number of amides is 1. The highest BCUT2D eigenvalue weighted by atomic mass is 35.5. The van der Waals surface area contributed by atoms with Crippen molar-refractivity contribution in [3.8, 4) is 5.75 Å². The van der Waals surface area contributed by atoms with E-state index in [2.05, 4.69) is 0 Å². The highest BCUT2D eigenvalue weighted by Gasteiger charge is 2.35. The van der Waals surface area contributed by atoms with Crippen LogP contribution in [0.4, 0.5) is 10.1 Å². The molecule has 1 fully saturated rings. The number of aryl methyl sites for hydroxylation is 1. The number of aliphatic hydroxyl groups is 1. The van der Waals surface area contributed by atoms with Crippen molar-refractivity contribution in [1.29, 1.82) is 0 Å². The normalized spacial score (nSPS) is 16.7. The number of carbonyl (C=O) groups is 1. The molecule has 1 aromatic heterocycles. The van der Waals surface area contributed by atoms with Crippen molar-refractivity contribution >= 4 is 34.2 Å². The molecular weight excluding hydrogens is 469 g/mol. The molecule has 1 N–H and O–H groups in total. The van der Waals surface area contributed by atoms with Gasteiger partial charge in [0.2, 0.25) is 5.91 Å². The SMILES string of the molecule is Cc1cc(OCC(O)Cn2c(C3CC(=O)N(c4cccc(F)c4)C3)nc3ccccc32)ccc1Cl. The first-order valence-electron chi connectivity index (χ1n) is 11.5. The van der Waals surface area contributed by atoms with E-state index in [1.54, 1.807) is 29.2 Å². The zero-order valence-corrected chi connectivity index (χ0v) is 20.0. The second-order valence-corrected chi connectivity index (χ2v) is 9.24. The zero-order chi connectivity index (χ0) is 24.5. The molecule has 1 amide bonds. The fourth-order valence-electron chi connectivity index (χ4n) is 4.53. The van der Waals surface area contributed by atoms with Gasteiger partial charge in [-0.2, -0.15) is 0 Å². The highest BCUT2D eigenvalue weighted by molar-refractivity contribution is 6.31. The van der Waals surface area contributed by atoms with Gasteiger partial charge in [0.25, 0.3) is 0 Å². The van der Waals surface area contributed by atoms with Gasteiger partial charge < -0.3 is 19.3 Å². The number of hydrogen-bond donors (Lipinski definition) is 1. The van der Waals surface area contributed by atoms with Crippen molar-refractivity contribution in [1.82, 2.24) is 9.55 Å². The summed E-state index contributed by atoms with van der Waals surface area (Å²) >= 11 is 6.08. The third-order valence-electron chi connectivity index (χ3n) is 6.26. The number of nitrogens with zero attached hydrogens (tertiary/aromatic N) is 3. The molecule has 8 heteroatoms. The number of aromatic nitrogens is 2. The smallest absolute Gasteiger partial charge is 0.227 e. The highest BCUT2D eigenvalue weighted by Crippen LogP contribution is 2.33. The molecule has 1 aliphatic heterocycles. The van der Waals surface area contributed by atoms with Crippen LogP contribution in [-0.4, -0.2) is 39.8 Å². The van der Waals surface area contributed by atoms with Crippen LogP contribution in [0.3, 0.4) is 0 Å². The summed E-state index contributed by atoms with van der Waals surface area (Å²) in [4.78, 5) is 19.2. The van der Waals surface area contributed by atoms with Gasteiger partial charge in [-0.3, -0.25) is 4.79 Å². The average molecular weight is 494 g/mol. The van der Waals surface area contributed by atoms with E-state index < -0.39 is 6.10 Å². The maximum atomic E-state index is 13.8. The van der Waals surface area contributed by atoms with Crippen LogP contribution in [0.25, 0.3) is 11.0 Å². The molecule has 2 heterocycles. The first-order chi connectivity index (χ1) is 16.9. The topological polar surface area (TPSA) is 67.6 Å². The molecule has 5 rings (SSSR count). The van der Waals surface area contributed by atoms with Crippen molar-refractivity contribution in [2.24, 2.45) is 0 Å². The second-order valence-electron chi connectivity index (χ2n) is 8.83. The number of para-hydroxylation sites is 2. The quantitative estimate of drug-likeness (QED) is 0.389. The van der Waals surface area contributed by atoms with E-state index in [4.69, 9.17) is 21.3 Å². The summed E-state index contributed by atoms with van der Waals surface area (Å²) in [6, 6.07) is 19.1. The van der Waals surface area contributed by atoms with Crippen LogP contribution >= 0.6 is 11.6 Å². The molecule has 0 bridgehead atoms. The third kappa shape index (κ3) is 4.88. The Morgan fingerprint density at radius 1 is 1.17 bits per heavy atom. The van der Waals surface area contributed by atoms with Crippen molar-refractivity contribution in [2.45, 2.75) is 31.9 Å². The van der Waals surface area contributed by atoms with Gasteiger partial charge in [-0.25, -0.2) is 9.37 Å². The predicted molar refractivity (Wildman–Crippen MR) is 134 cm³/mol. The van der Waals surface area contributed by atoms with Gasteiger partial charge >= 0.3 is 0 Å². The number of anilines is 1. The molecule has 2 atom stereocenters. The third-order valence-corrected chi connectivity index (χ3v) is 6.68. The van der Waals surface area contributed by atoms with Gasteiger partial charge in [0, 0.05) is 29.6 Å². The second kappa shape index (κ2) is 9.68. The number of ether oxygens (including phenoxy) is 1. The van der Waals surface area contributed by atoms with E-state index in [0.29, 0.717) is 23.0 Å². The monoisotopic (exact) mass is 493 g/mol. The molecule has 180 valence electrons. The standard InChI is InChI=1S/C27H25ClFN3O3/c1-17-11-22(9-10-23(17)28)35-16-21(33)15-32-25-8-3-2-7-24(25)30-27(32)18-12-26(34)31(14-18)20-6-4-5-19(29)13-20/h2-11,13,18,21,33H,12,14-16H2,1H3. The number of fused-ring (bicyclic) bond motifs is 1. The minimum absolute atomic E-state index is 0.0822. The van der Waals surface area contributed by atoms with Gasteiger partial charge in [-0.15, -0.1) is 0 Å². The lowest BCUT2D eigenvalue weighted by atomic mass is 10.1. The number of aliphatic hydroxyl groups excluding tert-OH is 1. The van der Waals surface area contributed by atoms with E-state index in [9.17, 15) is 14.3 Å². The summed E-state index contributed by atoms with van der Waals surface area (Å²) in [6.07, 6.45) is -0.546. The minimum Gasteiger partial charge on any atom is -0.491 e. The maximum absolute atomic E-state index is 13.8. The van der Waals surface area contributed by atoms with E-state index in [1.807, 2.05) is 41.8 Å². The first-order valence-corrected chi connectivity index (χ1v) is 11.8. The molecule has 1 aliphatic rings. The Bertz CT molecular complexity index is 1390. The van der Waals surface area contributed by atoms with Crippen LogP contribution in [-0.2, 0) is 11.3 Å². The van der Waals surface area contributed by atoms with Crippen molar-refractivity contribution < 1.29 is 19.0 Å². The van der Waals surface area contributed by atoms with Crippen LogP contribution in [0, 0.1) is 12.7 Å². The lowest BCUT2D eigenvalue weighted by Crippen LogP contribution is -2.26. The zero-order valence-electron chi connectivity index (χ0n) is 19.2. The summed E-state index contributed by atoms with van der Waals surface area (Å²) < 4.78 is 21.5. The fourth-order valence-corrected chi connectivity index (χ4v) is 4.65. The van der Waals surface area contributed by atoms with Crippen LogP contribution in [0.2, 0.25) is 5.02 Å². The average Bonchev–Trinajstić information content (AvgIpc) is 3.40. The van der Waals surface area contributed by atoms with Gasteiger partial charge in [0.15, 0.2) is 0 Å². The molecular formula is C27H25ClFN3O3. The molecule has 3 aromatic carbocycles. The summed E-state index contributed by atoms with van der Waals surface area (Å²) in [6.45, 7) is 2.63. The predicted octanol–water partition coefficient (Wildman–Crippen LogP) is 5.10. The molecule has 4 aromatic rings. The summed E-state index contributed by atoms with van der Waals surface area (Å²) in [7, 11) is 0. The summed E-state index contributed by atoms with van der Waals surface area (Å²) in [5.41, 5.74) is 3.10. The minimum atomic E-state index is -0.807. The van der Waals surface area contributed by atoms with Crippen LogP contribution in [0.1, 0.15) is 23.7 Å². The first kappa shape index (κ1) is 23.3. The number of benzene rings is 3. The maximum Gasteiger partial charge on any atom is 0.227 e. The van der Waals surface area contributed by atoms with E-state index >= 15 is 0 Å². The van der Waals surface area contributed by atoms with E-state index in [0.717, 1.165) is 22.4 Å².